The number of ether oxygens (including phenoxy) is 3. The van der Waals surface area contributed by atoms with Crippen molar-refractivity contribution in [2.24, 2.45) is 0 Å². The van der Waals surface area contributed by atoms with Gasteiger partial charge in [0.25, 0.3) is 0 Å². The van der Waals surface area contributed by atoms with Gasteiger partial charge in [0.1, 0.15) is 0 Å². The van der Waals surface area contributed by atoms with Crippen LogP contribution in [0, 0.1) is 0 Å². The van der Waals surface area contributed by atoms with Crippen LogP contribution in [0.3, 0.4) is 0 Å². The second-order valence-electron chi connectivity index (χ2n) is 1.78. The van der Waals surface area contributed by atoms with Crippen LogP contribution in [0.2, 0.25) is 0 Å². The fraction of sp³-hybridized carbons (Fsp3) is 1.00. The normalized spacial score (nSPS) is 32.7. The minimum absolute atomic E-state index is 0.0880. The van der Waals surface area contributed by atoms with Gasteiger partial charge in [-0.3, -0.25) is 0 Å². The summed E-state index contributed by atoms with van der Waals surface area (Å²) in [5.74, 6) is 0. The van der Waals surface area contributed by atoms with Crippen molar-refractivity contribution in [3.63, 3.8) is 0 Å². The Bertz CT molecular complexity index is 74.4. The summed E-state index contributed by atoms with van der Waals surface area (Å²) >= 11 is 0. The summed E-state index contributed by atoms with van der Waals surface area (Å²) in [7, 11) is 0. The molecule has 1 heterocycles. The second kappa shape index (κ2) is 3.15. The Kier molecular flexibility index (Phi) is 2.45. The molecule has 54 valence electrons. The lowest BCUT2D eigenvalue weighted by Gasteiger charge is -1.92. The Morgan fingerprint density at radius 1 is 1.11 bits per heavy atom. The number of hydrogen-bond donors (Lipinski definition) is 0. The predicted octanol–water partition coefficient (Wildman–Crippen LogP) is 0.742. The van der Waals surface area contributed by atoms with Crippen LogP contribution in [-0.2, 0) is 14.2 Å². The molecule has 0 unspecified atom stereocenters. The highest BCUT2D eigenvalue weighted by Gasteiger charge is 2.40. The molecule has 3 heteroatoms. The van der Waals surface area contributed by atoms with Crippen molar-refractivity contribution >= 4 is 0 Å². The summed E-state index contributed by atoms with van der Waals surface area (Å²) < 4.78 is 15.1. The quantitative estimate of drug-likeness (QED) is 0.529. The zero-order valence-electron chi connectivity index (χ0n) is 5.79. The van der Waals surface area contributed by atoms with E-state index in [-0.39, 0.29) is 12.6 Å². The van der Waals surface area contributed by atoms with Gasteiger partial charge in [-0.25, -0.2) is 0 Å². The van der Waals surface area contributed by atoms with E-state index in [2.05, 4.69) is 0 Å². The highest BCUT2D eigenvalue weighted by Crippen LogP contribution is 2.23. The lowest BCUT2D eigenvalue weighted by molar-refractivity contribution is 0.0535. The van der Waals surface area contributed by atoms with Gasteiger partial charge in [0.15, 0.2) is 0 Å². The monoisotopic (exact) mass is 132 g/mol. The minimum Gasteiger partial charge on any atom is -0.348 e. The molecule has 0 aliphatic carbocycles. The average molecular weight is 132 g/mol. The van der Waals surface area contributed by atoms with Crippen LogP contribution in [0.5, 0.6) is 0 Å². The summed E-state index contributed by atoms with van der Waals surface area (Å²) in [6.07, 6.45) is -0.176. The van der Waals surface area contributed by atoms with E-state index in [4.69, 9.17) is 14.2 Å². The van der Waals surface area contributed by atoms with Crippen molar-refractivity contribution in [1.29, 1.82) is 0 Å². The van der Waals surface area contributed by atoms with E-state index in [1.165, 1.54) is 0 Å². The Balaban J connectivity index is 1.96. The maximum atomic E-state index is 5.07. The first-order chi connectivity index (χ1) is 4.38. The van der Waals surface area contributed by atoms with Gasteiger partial charge < -0.3 is 14.2 Å². The van der Waals surface area contributed by atoms with Crippen molar-refractivity contribution in [2.75, 3.05) is 13.2 Å². The number of hydrogen-bond acceptors (Lipinski definition) is 3. The Labute approximate surface area is 54.9 Å². The summed E-state index contributed by atoms with van der Waals surface area (Å²) in [6.45, 7) is 5.25. The standard InChI is InChI=1S/C6H12O3/c1-3-7-5-6(9-5)8-4-2/h5-6H,3-4H2,1-2H3/t5-,6+. The van der Waals surface area contributed by atoms with Crippen LogP contribution >= 0.6 is 0 Å². The molecular weight excluding hydrogens is 120 g/mol. The van der Waals surface area contributed by atoms with Gasteiger partial charge in [0.05, 0.1) is 0 Å². The first-order valence-corrected chi connectivity index (χ1v) is 3.27. The topological polar surface area (TPSA) is 31.0 Å². The van der Waals surface area contributed by atoms with Gasteiger partial charge in [-0.05, 0) is 13.8 Å². The van der Waals surface area contributed by atoms with Gasteiger partial charge in [-0.1, -0.05) is 0 Å². The van der Waals surface area contributed by atoms with Crippen LogP contribution in [-0.4, -0.2) is 25.8 Å². The largest absolute Gasteiger partial charge is 0.348 e. The van der Waals surface area contributed by atoms with Crippen molar-refractivity contribution in [3.8, 4) is 0 Å². The van der Waals surface area contributed by atoms with Crippen LogP contribution in [0.25, 0.3) is 0 Å². The molecule has 0 bridgehead atoms. The summed E-state index contributed by atoms with van der Waals surface area (Å²) in [5, 5.41) is 0. The van der Waals surface area contributed by atoms with Crippen LogP contribution in [0.15, 0.2) is 0 Å². The third-order valence-corrected chi connectivity index (χ3v) is 1.08. The Morgan fingerprint density at radius 3 is 1.89 bits per heavy atom. The fourth-order valence-corrected chi connectivity index (χ4v) is 0.651. The molecule has 3 nitrogen and oxygen atoms in total. The van der Waals surface area contributed by atoms with E-state index in [1.54, 1.807) is 0 Å². The molecule has 0 radical (unpaired) electrons. The van der Waals surface area contributed by atoms with Crippen LogP contribution in [0.4, 0.5) is 0 Å². The van der Waals surface area contributed by atoms with Crippen molar-refractivity contribution in [1.82, 2.24) is 0 Å². The molecule has 0 aromatic heterocycles. The van der Waals surface area contributed by atoms with Crippen molar-refractivity contribution in [2.45, 2.75) is 26.4 Å². The molecule has 0 spiro atoms. The van der Waals surface area contributed by atoms with Gasteiger partial charge in [0.2, 0.25) is 12.6 Å². The Hall–Kier alpha value is -0.120. The lowest BCUT2D eigenvalue weighted by atomic mass is 10.7. The summed E-state index contributed by atoms with van der Waals surface area (Å²) in [5.41, 5.74) is 0. The maximum absolute atomic E-state index is 5.07. The molecule has 1 fully saturated rings. The Morgan fingerprint density at radius 2 is 1.56 bits per heavy atom. The molecule has 1 aliphatic heterocycles. The molecule has 1 saturated heterocycles. The first kappa shape index (κ1) is 6.99. The molecule has 2 atom stereocenters. The van der Waals surface area contributed by atoms with E-state index >= 15 is 0 Å². The average Bonchev–Trinajstić information content (AvgIpc) is 2.50. The van der Waals surface area contributed by atoms with Crippen molar-refractivity contribution < 1.29 is 14.2 Å². The molecular formula is C6H12O3. The van der Waals surface area contributed by atoms with Crippen LogP contribution < -0.4 is 0 Å². The van der Waals surface area contributed by atoms with Crippen molar-refractivity contribution in [3.05, 3.63) is 0 Å². The van der Waals surface area contributed by atoms with Gasteiger partial charge in [-0.2, -0.15) is 0 Å². The molecule has 0 aromatic carbocycles. The molecule has 0 N–H and O–H groups in total. The first-order valence-electron chi connectivity index (χ1n) is 3.27. The molecule has 0 amide bonds. The minimum atomic E-state index is -0.0880. The van der Waals surface area contributed by atoms with E-state index in [1.807, 2.05) is 13.8 Å². The van der Waals surface area contributed by atoms with E-state index < -0.39 is 0 Å². The van der Waals surface area contributed by atoms with Crippen LogP contribution in [0.1, 0.15) is 13.8 Å². The summed E-state index contributed by atoms with van der Waals surface area (Å²) in [4.78, 5) is 0. The predicted molar refractivity (Wildman–Crippen MR) is 31.9 cm³/mol. The highest BCUT2D eigenvalue weighted by molar-refractivity contribution is 4.65. The number of epoxide rings is 1. The smallest absolute Gasteiger partial charge is 0.212 e. The van der Waals surface area contributed by atoms with Gasteiger partial charge in [-0.15, -0.1) is 0 Å². The SMILES string of the molecule is CCO[C@@H]1O[C@@H]1OCC. The number of rotatable bonds is 4. The lowest BCUT2D eigenvalue weighted by Crippen LogP contribution is -2.02. The van der Waals surface area contributed by atoms with E-state index in [9.17, 15) is 0 Å². The highest BCUT2D eigenvalue weighted by atomic mass is 16.9. The summed E-state index contributed by atoms with van der Waals surface area (Å²) in [6, 6.07) is 0. The molecule has 0 saturated carbocycles. The fourth-order valence-electron chi connectivity index (χ4n) is 0.651. The maximum Gasteiger partial charge on any atom is 0.212 e. The molecule has 1 aliphatic rings. The molecule has 1 rings (SSSR count). The molecule has 0 aromatic rings. The third-order valence-electron chi connectivity index (χ3n) is 1.08. The second-order valence-corrected chi connectivity index (χ2v) is 1.78. The zero-order chi connectivity index (χ0) is 6.69. The zero-order valence-corrected chi connectivity index (χ0v) is 5.79. The third kappa shape index (κ3) is 1.93. The van der Waals surface area contributed by atoms with E-state index in [0.29, 0.717) is 13.2 Å². The van der Waals surface area contributed by atoms with E-state index in [0.717, 1.165) is 0 Å². The van der Waals surface area contributed by atoms with Gasteiger partial charge >= 0.3 is 0 Å². The molecule has 9 heavy (non-hydrogen) atoms. The van der Waals surface area contributed by atoms with Gasteiger partial charge in [0, 0.05) is 13.2 Å².